The third-order valence-electron chi connectivity index (χ3n) is 3.95. The number of fused-ring (bicyclic) bond motifs is 1. The van der Waals surface area contributed by atoms with Crippen molar-refractivity contribution < 1.29 is 4.79 Å². The summed E-state index contributed by atoms with van der Waals surface area (Å²) in [6, 6.07) is 5.25. The number of halogens is 1. The summed E-state index contributed by atoms with van der Waals surface area (Å²) < 4.78 is 0.994. The van der Waals surface area contributed by atoms with Gasteiger partial charge in [0, 0.05) is 11.0 Å². The van der Waals surface area contributed by atoms with Gasteiger partial charge in [-0.15, -0.1) is 0 Å². The van der Waals surface area contributed by atoms with Crippen LogP contribution in [0.1, 0.15) is 39.6 Å². The van der Waals surface area contributed by atoms with Gasteiger partial charge in [-0.1, -0.05) is 29.8 Å². The van der Waals surface area contributed by atoms with Crippen LogP contribution in [-0.2, 0) is 4.79 Å². The molecule has 22 heavy (non-hydrogen) atoms. The lowest BCUT2D eigenvalue weighted by Gasteiger charge is -2.30. The van der Waals surface area contributed by atoms with Crippen molar-refractivity contribution in [1.82, 2.24) is 14.9 Å². The van der Waals surface area contributed by atoms with Crippen molar-refractivity contribution in [3.05, 3.63) is 28.5 Å². The number of H-pyrrole nitrogens is 1. The number of aromatic nitrogens is 2. The maximum Gasteiger partial charge on any atom is 0.240 e. The van der Waals surface area contributed by atoms with E-state index in [1.165, 1.54) is 0 Å². The minimum atomic E-state index is -0.485. The van der Waals surface area contributed by atoms with Gasteiger partial charge in [0.1, 0.15) is 5.82 Å². The minimum Gasteiger partial charge on any atom is -0.340 e. The second kappa shape index (κ2) is 6.79. The first kappa shape index (κ1) is 17.0. The van der Waals surface area contributed by atoms with Gasteiger partial charge in [0.05, 0.1) is 23.1 Å². The van der Waals surface area contributed by atoms with Crippen LogP contribution < -0.4 is 5.73 Å². The standard InChI is InChI=1S/C16H23BrN4O/c1-5-21(16(22)14(18)9(2)3)10(4)15-19-12-7-6-11(17)8-13(12)20-15/h6-10,14H,5,18H2,1-4H3,(H,19,20). The number of benzene rings is 1. The number of rotatable bonds is 5. The number of aromatic amines is 1. The third-order valence-corrected chi connectivity index (χ3v) is 4.45. The number of likely N-dealkylation sites (N-methyl/N-ethyl adjacent to an activating group) is 1. The van der Waals surface area contributed by atoms with Gasteiger partial charge in [-0.2, -0.15) is 0 Å². The summed E-state index contributed by atoms with van der Waals surface area (Å²) in [5.74, 6) is 0.853. The van der Waals surface area contributed by atoms with Crippen LogP contribution in [0.25, 0.3) is 11.0 Å². The molecule has 1 aromatic heterocycles. The van der Waals surface area contributed by atoms with E-state index in [1.807, 2.05) is 45.9 Å². The number of nitrogens with two attached hydrogens (primary N) is 1. The SMILES string of the molecule is CCN(C(=O)C(N)C(C)C)C(C)c1nc2ccc(Br)cc2[nH]1. The van der Waals surface area contributed by atoms with E-state index < -0.39 is 6.04 Å². The molecule has 0 radical (unpaired) electrons. The Kier molecular flexibility index (Phi) is 5.24. The predicted molar refractivity (Wildman–Crippen MR) is 92.4 cm³/mol. The highest BCUT2D eigenvalue weighted by Gasteiger charge is 2.28. The van der Waals surface area contributed by atoms with Gasteiger partial charge in [-0.05, 0) is 38.0 Å². The predicted octanol–water partition coefficient (Wildman–Crippen LogP) is 3.22. The molecule has 0 spiro atoms. The number of amides is 1. The van der Waals surface area contributed by atoms with Crippen LogP contribution in [0, 0.1) is 5.92 Å². The normalized spacial score (nSPS) is 14.3. The number of nitrogens with zero attached hydrogens (tertiary/aromatic N) is 2. The summed E-state index contributed by atoms with van der Waals surface area (Å²) in [7, 11) is 0. The molecule has 0 bridgehead atoms. The molecule has 5 nitrogen and oxygen atoms in total. The highest BCUT2D eigenvalue weighted by atomic mass is 79.9. The molecule has 0 aliphatic heterocycles. The fourth-order valence-electron chi connectivity index (χ4n) is 2.44. The average molecular weight is 367 g/mol. The van der Waals surface area contributed by atoms with Crippen LogP contribution in [0.3, 0.4) is 0 Å². The molecule has 0 aliphatic rings. The van der Waals surface area contributed by atoms with E-state index in [0.717, 1.165) is 21.3 Å². The molecule has 3 N–H and O–H groups in total. The number of imidazole rings is 1. The summed E-state index contributed by atoms with van der Waals surface area (Å²) >= 11 is 3.45. The quantitative estimate of drug-likeness (QED) is 0.852. The highest BCUT2D eigenvalue weighted by Crippen LogP contribution is 2.24. The molecule has 0 aliphatic carbocycles. The Balaban J connectivity index is 2.30. The molecule has 0 saturated carbocycles. The van der Waals surface area contributed by atoms with E-state index in [-0.39, 0.29) is 17.9 Å². The molecule has 2 aromatic rings. The second-order valence-corrected chi connectivity index (χ2v) is 6.77. The van der Waals surface area contributed by atoms with Crippen molar-refractivity contribution in [3.8, 4) is 0 Å². The van der Waals surface area contributed by atoms with Gasteiger partial charge in [0.25, 0.3) is 0 Å². The lowest BCUT2D eigenvalue weighted by atomic mass is 10.0. The first-order valence-corrected chi connectivity index (χ1v) is 8.35. The van der Waals surface area contributed by atoms with Gasteiger partial charge >= 0.3 is 0 Å². The topological polar surface area (TPSA) is 75.0 Å². The first-order valence-electron chi connectivity index (χ1n) is 7.56. The van der Waals surface area contributed by atoms with Crippen LogP contribution >= 0.6 is 15.9 Å². The molecule has 120 valence electrons. The summed E-state index contributed by atoms with van der Waals surface area (Å²) in [5.41, 5.74) is 7.86. The van der Waals surface area contributed by atoms with Crippen molar-refractivity contribution in [1.29, 1.82) is 0 Å². The Hall–Kier alpha value is -1.40. The van der Waals surface area contributed by atoms with Crippen molar-refractivity contribution in [2.75, 3.05) is 6.54 Å². The molecule has 6 heteroatoms. The molecular formula is C16H23BrN4O. The zero-order valence-electron chi connectivity index (χ0n) is 13.4. The van der Waals surface area contributed by atoms with Crippen LogP contribution in [0.2, 0.25) is 0 Å². The zero-order valence-corrected chi connectivity index (χ0v) is 15.0. The molecule has 1 heterocycles. The third kappa shape index (κ3) is 3.33. The van der Waals surface area contributed by atoms with Gasteiger partial charge < -0.3 is 15.6 Å². The van der Waals surface area contributed by atoms with E-state index in [1.54, 1.807) is 4.90 Å². The number of carbonyl (C=O) groups excluding carboxylic acids is 1. The summed E-state index contributed by atoms with van der Waals surface area (Å²) in [6.45, 7) is 8.45. The van der Waals surface area contributed by atoms with Crippen molar-refractivity contribution >= 4 is 32.9 Å². The van der Waals surface area contributed by atoms with E-state index in [9.17, 15) is 4.79 Å². The van der Waals surface area contributed by atoms with E-state index in [4.69, 9.17) is 5.73 Å². The highest BCUT2D eigenvalue weighted by molar-refractivity contribution is 9.10. The monoisotopic (exact) mass is 366 g/mol. The smallest absolute Gasteiger partial charge is 0.240 e. The Morgan fingerprint density at radius 1 is 1.41 bits per heavy atom. The molecule has 2 rings (SSSR count). The maximum absolute atomic E-state index is 12.6. The summed E-state index contributed by atoms with van der Waals surface area (Å²) in [5, 5.41) is 0. The summed E-state index contributed by atoms with van der Waals surface area (Å²) in [4.78, 5) is 22.2. The Bertz CT molecular complexity index is 667. The van der Waals surface area contributed by atoms with Gasteiger partial charge in [0.2, 0.25) is 5.91 Å². The molecule has 1 aromatic carbocycles. The van der Waals surface area contributed by atoms with Crippen molar-refractivity contribution in [2.45, 2.75) is 39.8 Å². The lowest BCUT2D eigenvalue weighted by Crippen LogP contribution is -2.47. The number of carbonyl (C=O) groups is 1. The first-order chi connectivity index (χ1) is 10.3. The minimum absolute atomic E-state index is 0.0355. The lowest BCUT2D eigenvalue weighted by molar-refractivity contribution is -0.135. The van der Waals surface area contributed by atoms with Gasteiger partial charge in [0.15, 0.2) is 0 Å². The molecule has 0 saturated heterocycles. The molecule has 2 unspecified atom stereocenters. The molecular weight excluding hydrogens is 344 g/mol. The Morgan fingerprint density at radius 2 is 2.09 bits per heavy atom. The van der Waals surface area contributed by atoms with Gasteiger partial charge in [-0.25, -0.2) is 4.98 Å². The fourth-order valence-corrected chi connectivity index (χ4v) is 2.81. The summed E-state index contributed by atoms with van der Waals surface area (Å²) in [6.07, 6.45) is 0. The zero-order chi connectivity index (χ0) is 16.4. The second-order valence-electron chi connectivity index (χ2n) is 5.85. The van der Waals surface area contributed by atoms with Crippen molar-refractivity contribution in [3.63, 3.8) is 0 Å². The Morgan fingerprint density at radius 3 is 2.68 bits per heavy atom. The van der Waals surface area contributed by atoms with Crippen LogP contribution in [0.15, 0.2) is 22.7 Å². The molecule has 0 fully saturated rings. The number of hydrogen-bond acceptors (Lipinski definition) is 3. The molecule has 1 amide bonds. The Labute approximate surface area is 139 Å². The van der Waals surface area contributed by atoms with Gasteiger partial charge in [-0.3, -0.25) is 4.79 Å². The van der Waals surface area contributed by atoms with E-state index in [2.05, 4.69) is 25.9 Å². The number of nitrogens with one attached hydrogen (secondary N) is 1. The fraction of sp³-hybridized carbons (Fsp3) is 0.500. The largest absolute Gasteiger partial charge is 0.340 e. The van der Waals surface area contributed by atoms with E-state index in [0.29, 0.717) is 6.54 Å². The average Bonchev–Trinajstić information content (AvgIpc) is 2.89. The van der Waals surface area contributed by atoms with Crippen LogP contribution in [-0.4, -0.2) is 33.4 Å². The number of hydrogen-bond donors (Lipinski definition) is 2. The van der Waals surface area contributed by atoms with Crippen LogP contribution in [0.5, 0.6) is 0 Å². The van der Waals surface area contributed by atoms with Crippen molar-refractivity contribution in [2.24, 2.45) is 11.7 Å². The van der Waals surface area contributed by atoms with E-state index >= 15 is 0 Å². The molecule has 2 atom stereocenters. The maximum atomic E-state index is 12.6. The van der Waals surface area contributed by atoms with Crippen LogP contribution in [0.4, 0.5) is 0 Å².